The highest BCUT2D eigenvalue weighted by atomic mass is 35.5. The average molecular weight is 484 g/mol. The number of carbonyl (C=O) groups is 1. The Morgan fingerprint density at radius 3 is 2.88 bits per heavy atom. The van der Waals surface area contributed by atoms with E-state index in [2.05, 4.69) is 15.3 Å². The molecule has 6 nitrogen and oxygen atoms in total. The molecule has 2 aromatic carbocycles. The number of aryl methyl sites for hydroxylation is 1. The summed E-state index contributed by atoms with van der Waals surface area (Å²) in [5, 5.41) is 9.15. The van der Waals surface area contributed by atoms with Gasteiger partial charge in [-0.3, -0.25) is 4.79 Å². The maximum absolute atomic E-state index is 13.8. The van der Waals surface area contributed by atoms with Crippen molar-refractivity contribution in [2.75, 3.05) is 18.0 Å². The molecule has 1 N–H and O–H groups in total. The Morgan fingerprint density at radius 1 is 1.27 bits per heavy atom. The molecule has 3 heterocycles. The summed E-state index contributed by atoms with van der Waals surface area (Å²) in [5.74, 6) is -0.357. The fourth-order valence-corrected chi connectivity index (χ4v) is 5.29. The quantitative estimate of drug-likeness (QED) is 0.428. The van der Waals surface area contributed by atoms with E-state index >= 15 is 0 Å². The maximum atomic E-state index is 13.8. The van der Waals surface area contributed by atoms with Gasteiger partial charge in [-0.05, 0) is 55.7 Å². The molecule has 1 amide bonds. The number of hydrogen-bond acceptors (Lipinski definition) is 5. The number of nitrogens with zero attached hydrogens (tertiary/aromatic N) is 4. The molecule has 0 radical (unpaired) electrons. The Balaban J connectivity index is 1.32. The summed E-state index contributed by atoms with van der Waals surface area (Å²) >= 11 is 7.50. The van der Waals surface area contributed by atoms with E-state index in [1.54, 1.807) is 22.1 Å². The Labute approximate surface area is 200 Å². The van der Waals surface area contributed by atoms with Crippen molar-refractivity contribution in [3.05, 3.63) is 70.6 Å². The molecule has 170 valence electrons. The first-order chi connectivity index (χ1) is 16.0. The molecule has 2 aromatic heterocycles. The normalized spacial score (nSPS) is 16.3. The van der Waals surface area contributed by atoms with Gasteiger partial charge in [-0.2, -0.15) is 10.1 Å². The first kappa shape index (κ1) is 21.9. The van der Waals surface area contributed by atoms with Crippen LogP contribution >= 0.6 is 22.9 Å². The summed E-state index contributed by atoms with van der Waals surface area (Å²) in [6, 6.07) is 13.8. The van der Waals surface area contributed by atoms with E-state index in [1.165, 1.54) is 12.1 Å². The molecule has 0 aliphatic carbocycles. The second kappa shape index (κ2) is 9.11. The van der Waals surface area contributed by atoms with Crippen LogP contribution in [-0.4, -0.2) is 33.8 Å². The van der Waals surface area contributed by atoms with Crippen molar-refractivity contribution in [1.29, 1.82) is 0 Å². The van der Waals surface area contributed by atoms with Crippen LogP contribution in [0.15, 0.2) is 48.5 Å². The number of fused-ring (bicyclic) bond motifs is 1. The zero-order valence-electron chi connectivity index (χ0n) is 18.1. The highest BCUT2D eigenvalue weighted by molar-refractivity contribution is 7.22. The molecule has 4 aromatic rings. The number of benzene rings is 2. The molecule has 1 fully saturated rings. The molecule has 1 aliphatic rings. The number of thiazole rings is 1. The molecule has 1 saturated heterocycles. The van der Waals surface area contributed by atoms with E-state index in [0.29, 0.717) is 29.4 Å². The van der Waals surface area contributed by atoms with Crippen molar-refractivity contribution in [3.63, 3.8) is 0 Å². The summed E-state index contributed by atoms with van der Waals surface area (Å²) < 4.78 is 16.4. The van der Waals surface area contributed by atoms with Crippen LogP contribution in [0.1, 0.15) is 24.1 Å². The summed E-state index contributed by atoms with van der Waals surface area (Å²) in [7, 11) is 0. The first-order valence-corrected chi connectivity index (χ1v) is 12.1. The number of halogens is 2. The fraction of sp³-hybridized carbons (Fsp3) is 0.292. The van der Waals surface area contributed by atoms with Gasteiger partial charge >= 0.3 is 0 Å². The van der Waals surface area contributed by atoms with Gasteiger partial charge in [0.25, 0.3) is 0 Å². The second-order valence-corrected chi connectivity index (χ2v) is 9.67. The van der Waals surface area contributed by atoms with Gasteiger partial charge in [-0.25, -0.2) is 9.07 Å². The van der Waals surface area contributed by atoms with Gasteiger partial charge in [0.2, 0.25) is 5.91 Å². The molecule has 0 saturated carbocycles. The van der Waals surface area contributed by atoms with Crippen LogP contribution in [0.3, 0.4) is 0 Å². The largest absolute Gasteiger partial charge is 0.352 e. The van der Waals surface area contributed by atoms with E-state index in [-0.39, 0.29) is 17.6 Å². The number of amides is 1. The zero-order chi connectivity index (χ0) is 22.9. The van der Waals surface area contributed by atoms with E-state index in [9.17, 15) is 9.18 Å². The molecule has 0 bridgehead atoms. The third kappa shape index (κ3) is 4.58. The standard InChI is InChI=1S/C24H23ClFN5OS/c1-15-21-22(31(29-15)20-6-2-5-19(26)12-20)28-24(33-21)30-11-3-4-17(14-30)23(32)27-13-16-7-9-18(25)10-8-16/h2,5-10,12,17H,3-4,11,13-14H2,1H3,(H,27,32). The van der Waals surface area contributed by atoms with Crippen LogP contribution in [0.4, 0.5) is 9.52 Å². The summed E-state index contributed by atoms with van der Waals surface area (Å²) in [5.41, 5.74) is 3.23. The highest BCUT2D eigenvalue weighted by Crippen LogP contribution is 2.34. The van der Waals surface area contributed by atoms with Crippen molar-refractivity contribution in [2.24, 2.45) is 5.92 Å². The van der Waals surface area contributed by atoms with Crippen molar-refractivity contribution >= 4 is 44.3 Å². The van der Waals surface area contributed by atoms with Crippen LogP contribution in [0.5, 0.6) is 0 Å². The molecular weight excluding hydrogens is 461 g/mol. The van der Waals surface area contributed by atoms with Crippen LogP contribution in [0.2, 0.25) is 5.02 Å². The van der Waals surface area contributed by atoms with Gasteiger partial charge < -0.3 is 10.2 Å². The molecule has 33 heavy (non-hydrogen) atoms. The predicted octanol–water partition coefficient (Wildman–Crippen LogP) is 5.12. The monoisotopic (exact) mass is 483 g/mol. The third-order valence-corrected chi connectivity index (χ3v) is 7.34. The minimum Gasteiger partial charge on any atom is -0.352 e. The number of piperidine rings is 1. The minimum atomic E-state index is -0.312. The van der Waals surface area contributed by atoms with E-state index in [0.717, 1.165) is 40.5 Å². The van der Waals surface area contributed by atoms with Crippen LogP contribution < -0.4 is 10.2 Å². The fourth-order valence-electron chi connectivity index (χ4n) is 4.15. The topological polar surface area (TPSA) is 63.1 Å². The van der Waals surface area contributed by atoms with E-state index < -0.39 is 0 Å². The molecule has 1 aliphatic heterocycles. The number of anilines is 1. The zero-order valence-corrected chi connectivity index (χ0v) is 19.7. The third-order valence-electron chi connectivity index (χ3n) is 5.87. The van der Waals surface area contributed by atoms with Crippen molar-refractivity contribution in [1.82, 2.24) is 20.1 Å². The SMILES string of the molecule is Cc1nn(-c2cccc(F)c2)c2nc(N3CCCC(C(=O)NCc4ccc(Cl)cc4)C3)sc12. The molecule has 9 heteroatoms. The Bertz CT molecular complexity index is 1300. The first-order valence-electron chi connectivity index (χ1n) is 10.9. The Morgan fingerprint density at radius 2 is 2.09 bits per heavy atom. The molecule has 5 rings (SSSR count). The van der Waals surface area contributed by atoms with Gasteiger partial charge in [0.15, 0.2) is 10.8 Å². The Hall–Kier alpha value is -2.97. The highest BCUT2D eigenvalue weighted by Gasteiger charge is 2.28. The lowest BCUT2D eigenvalue weighted by Gasteiger charge is -2.31. The lowest BCUT2D eigenvalue weighted by Crippen LogP contribution is -2.43. The molecule has 1 atom stereocenters. The molecular formula is C24H23ClFN5OS. The lowest BCUT2D eigenvalue weighted by molar-refractivity contribution is -0.125. The Kier molecular flexibility index (Phi) is 6.03. The van der Waals surface area contributed by atoms with Crippen LogP contribution in [0, 0.1) is 18.7 Å². The number of nitrogens with one attached hydrogen (secondary N) is 1. The molecule has 1 unspecified atom stereocenters. The second-order valence-electron chi connectivity index (χ2n) is 8.26. The molecule has 0 spiro atoms. The number of aromatic nitrogens is 3. The van der Waals surface area contributed by atoms with Crippen LogP contribution in [-0.2, 0) is 11.3 Å². The van der Waals surface area contributed by atoms with Crippen molar-refractivity contribution in [3.8, 4) is 5.69 Å². The van der Waals surface area contributed by atoms with Crippen LogP contribution in [0.25, 0.3) is 16.0 Å². The number of hydrogen-bond donors (Lipinski definition) is 1. The van der Waals surface area contributed by atoms with Crippen molar-refractivity contribution in [2.45, 2.75) is 26.3 Å². The number of carbonyl (C=O) groups excluding carboxylic acids is 1. The average Bonchev–Trinajstić information content (AvgIpc) is 3.39. The van der Waals surface area contributed by atoms with Gasteiger partial charge in [-0.15, -0.1) is 0 Å². The van der Waals surface area contributed by atoms with Gasteiger partial charge in [0, 0.05) is 24.7 Å². The van der Waals surface area contributed by atoms with E-state index in [4.69, 9.17) is 16.6 Å². The van der Waals surface area contributed by atoms with E-state index in [1.807, 2.05) is 37.3 Å². The lowest BCUT2D eigenvalue weighted by atomic mass is 9.97. The van der Waals surface area contributed by atoms with Gasteiger partial charge in [0.05, 0.1) is 22.0 Å². The minimum absolute atomic E-state index is 0.0536. The summed E-state index contributed by atoms with van der Waals surface area (Å²) in [6.45, 7) is 3.89. The smallest absolute Gasteiger partial charge is 0.225 e. The summed E-state index contributed by atoms with van der Waals surface area (Å²) in [4.78, 5) is 19.8. The van der Waals surface area contributed by atoms with Crippen molar-refractivity contribution < 1.29 is 9.18 Å². The summed E-state index contributed by atoms with van der Waals surface area (Å²) in [6.07, 6.45) is 1.77. The predicted molar refractivity (Wildman–Crippen MR) is 130 cm³/mol. The van der Waals surface area contributed by atoms with Gasteiger partial charge in [0.1, 0.15) is 5.82 Å². The number of rotatable bonds is 5. The van der Waals surface area contributed by atoms with Gasteiger partial charge in [-0.1, -0.05) is 41.1 Å². The maximum Gasteiger partial charge on any atom is 0.225 e.